The van der Waals surface area contributed by atoms with Crippen molar-refractivity contribution in [1.82, 2.24) is 5.43 Å². The van der Waals surface area contributed by atoms with Gasteiger partial charge in [0.25, 0.3) is 5.91 Å². The number of hydrazone groups is 1. The number of benzene rings is 2. The first-order valence-electron chi connectivity index (χ1n) is 7.04. The van der Waals surface area contributed by atoms with Gasteiger partial charge in [0.15, 0.2) is 6.61 Å². The van der Waals surface area contributed by atoms with E-state index in [1.54, 1.807) is 56.7 Å². The molecule has 0 aliphatic heterocycles. The highest BCUT2D eigenvalue weighted by Gasteiger charge is 2.04. The molecule has 0 aromatic heterocycles. The van der Waals surface area contributed by atoms with Crippen LogP contribution in [0.5, 0.6) is 17.2 Å². The predicted octanol–water partition coefficient (Wildman–Crippen LogP) is 2.89. The van der Waals surface area contributed by atoms with E-state index in [1.165, 1.54) is 6.21 Å². The number of hydrogen-bond acceptors (Lipinski definition) is 5. The van der Waals surface area contributed by atoms with Gasteiger partial charge in [0.1, 0.15) is 17.2 Å². The zero-order valence-corrected chi connectivity index (χ0v) is 14.0. The number of nitrogens with one attached hydrogen (secondary N) is 1. The molecule has 126 valence electrons. The smallest absolute Gasteiger partial charge is 0.277 e. The molecule has 0 saturated heterocycles. The van der Waals surface area contributed by atoms with Crippen LogP contribution in [0.25, 0.3) is 0 Å². The van der Waals surface area contributed by atoms with E-state index in [-0.39, 0.29) is 6.61 Å². The molecule has 24 heavy (non-hydrogen) atoms. The fourth-order valence-corrected chi connectivity index (χ4v) is 2.01. The topological polar surface area (TPSA) is 69.2 Å². The van der Waals surface area contributed by atoms with Crippen LogP contribution < -0.4 is 19.6 Å². The minimum atomic E-state index is -0.402. The van der Waals surface area contributed by atoms with Gasteiger partial charge in [-0.2, -0.15) is 5.10 Å². The van der Waals surface area contributed by atoms with E-state index in [0.29, 0.717) is 22.3 Å². The second-order valence-electron chi connectivity index (χ2n) is 4.66. The van der Waals surface area contributed by atoms with Crippen molar-refractivity contribution < 1.29 is 19.0 Å². The van der Waals surface area contributed by atoms with Crippen LogP contribution in [0.3, 0.4) is 0 Å². The quantitative estimate of drug-likeness (QED) is 0.617. The molecular weight excluding hydrogens is 332 g/mol. The van der Waals surface area contributed by atoms with E-state index in [9.17, 15) is 4.79 Å². The minimum absolute atomic E-state index is 0.192. The first kappa shape index (κ1) is 17.6. The lowest BCUT2D eigenvalue weighted by Gasteiger charge is -2.07. The second-order valence-corrected chi connectivity index (χ2v) is 5.07. The lowest BCUT2D eigenvalue weighted by atomic mass is 10.2. The SMILES string of the molecule is COc1cc(/C=N\NC(=O)COc2ccccc2Cl)cc(OC)c1. The summed E-state index contributed by atoms with van der Waals surface area (Å²) in [7, 11) is 3.12. The van der Waals surface area contributed by atoms with Crippen molar-refractivity contribution in [1.29, 1.82) is 0 Å². The molecule has 2 aromatic carbocycles. The fraction of sp³-hybridized carbons (Fsp3) is 0.176. The highest BCUT2D eigenvalue weighted by molar-refractivity contribution is 6.32. The number of amides is 1. The van der Waals surface area contributed by atoms with Crippen LogP contribution in [0.4, 0.5) is 0 Å². The molecule has 1 amide bonds. The molecule has 0 spiro atoms. The van der Waals surface area contributed by atoms with Crippen LogP contribution in [0.2, 0.25) is 5.02 Å². The highest BCUT2D eigenvalue weighted by Crippen LogP contribution is 2.23. The number of carbonyl (C=O) groups is 1. The van der Waals surface area contributed by atoms with Crippen LogP contribution in [0.15, 0.2) is 47.6 Å². The highest BCUT2D eigenvalue weighted by atomic mass is 35.5. The Labute approximate surface area is 145 Å². The summed E-state index contributed by atoms with van der Waals surface area (Å²) in [6.07, 6.45) is 1.48. The Morgan fingerprint density at radius 2 is 1.83 bits per heavy atom. The Morgan fingerprint density at radius 3 is 2.46 bits per heavy atom. The normalized spacial score (nSPS) is 10.5. The third-order valence-corrected chi connectivity index (χ3v) is 3.28. The molecule has 0 atom stereocenters. The largest absolute Gasteiger partial charge is 0.497 e. The molecule has 0 saturated carbocycles. The summed E-state index contributed by atoms with van der Waals surface area (Å²) in [5.41, 5.74) is 3.10. The summed E-state index contributed by atoms with van der Waals surface area (Å²) in [5.74, 6) is 1.30. The van der Waals surface area contributed by atoms with Gasteiger partial charge < -0.3 is 14.2 Å². The van der Waals surface area contributed by atoms with Gasteiger partial charge in [0.2, 0.25) is 0 Å². The monoisotopic (exact) mass is 348 g/mol. The van der Waals surface area contributed by atoms with Gasteiger partial charge in [-0.05, 0) is 24.3 Å². The Balaban J connectivity index is 1.89. The molecule has 0 radical (unpaired) electrons. The average molecular weight is 349 g/mol. The van der Waals surface area contributed by atoms with E-state index in [2.05, 4.69) is 10.5 Å². The number of methoxy groups -OCH3 is 2. The van der Waals surface area contributed by atoms with Gasteiger partial charge in [-0.1, -0.05) is 23.7 Å². The van der Waals surface area contributed by atoms with Crippen molar-refractivity contribution in [2.24, 2.45) is 5.10 Å². The molecule has 0 fully saturated rings. The van der Waals surface area contributed by atoms with Crippen LogP contribution in [0, 0.1) is 0 Å². The van der Waals surface area contributed by atoms with E-state index in [0.717, 1.165) is 5.56 Å². The second kappa shape index (κ2) is 8.79. The van der Waals surface area contributed by atoms with Crippen molar-refractivity contribution >= 4 is 23.7 Å². The third-order valence-electron chi connectivity index (χ3n) is 2.97. The van der Waals surface area contributed by atoms with Crippen LogP contribution >= 0.6 is 11.6 Å². The average Bonchev–Trinajstić information content (AvgIpc) is 2.60. The number of para-hydroxylation sites is 1. The number of ether oxygens (including phenoxy) is 3. The van der Waals surface area contributed by atoms with Crippen molar-refractivity contribution in [2.45, 2.75) is 0 Å². The summed E-state index contributed by atoms with van der Waals surface area (Å²) >= 11 is 5.94. The summed E-state index contributed by atoms with van der Waals surface area (Å²) < 4.78 is 15.6. The first-order valence-corrected chi connectivity index (χ1v) is 7.42. The van der Waals surface area contributed by atoms with Crippen molar-refractivity contribution in [2.75, 3.05) is 20.8 Å². The summed E-state index contributed by atoms with van der Waals surface area (Å²) in [5, 5.41) is 4.32. The Bertz CT molecular complexity index is 712. The maximum absolute atomic E-state index is 11.7. The number of carbonyl (C=O) groups excluding carboxylic acids is 1. The molecule has 2 rings (SSSR count). The standard InChI is InChI=1S/C17H17ClN2O4/c1-22-13-7-12(8-14(9-13)23-2)10-19-20-17(21)11-24-16-6-4-3-5-15(16)18/h3-10H,11H2,1-2H3,(H,20,21)/b19-10-. The minimum Gasteiger partial charge on any atom is -0.497 e. The fourth-order valence-electron chi connectivity index (χ4n) is 1.82. The van der Waals surface area contributed by atoms with E-state index < -0.39 is 5.91 Å². The van der Waals surface area contributed by atoms with Crippen LogP contribution in [-0.2, 0) is 4.79 Å². The van der Waals surface area contributed by atoms with Gasteiger partial charge in [-0.15, -0.1) is 0 Å². The zero-order valence-electron chi connectivity index (χ0n) is 13.3. The number of rotatable bonds is 7. The molecule has 0 unspecified atom stereocenters. The third kappa shape index (κ3) is 5.17. The van der Waals surface area contributed by atoms with Gasteiger partial charge in [-0.25, -0.2) is 5.43 Å². The molecule has 7 heteroatoms. The number of nitrogens with zero attached hydrogens (tertiary/aromatic N) is 1. The molecular formula is C17H17ClN2O4. The maximum atomic E-state index is 11.7. The van der Waals surface area contributed by atoms with Gasteiger partial charge in [-0.3, -0.25) is 4.79 Å². The first-order chi connectivity index (χ1) is 11.6. The van der Waals surface area contributed by atoms with E-state index in [1.807, 2.05) is 0 Å². The number of hydrogen-bond donors (Lipinski definition) is 1. The van der Waals surface area contributed by atoms with Crippen LogP contribution in [0.1, 0.15) is 5.56 Å². The predicted molar refractivity (Wildman–Crippen MR) is 92.2 cm³/mol. The summed E-state index contributed by atoms with van der Waals surface area (Å²) in [6.45, 7) is -0.192. The van der Waals surface area contributed by atoms with Crippen molar-refractivity contribution in [3.8, 4) is 17.2 Å². The Morgan fingerprint density at radius 1 is 1.17 bits per heavy atom. The molecule has 6 nitrogen and oxygen atoms in total. The van der Waals surface area contributed by atoms with Crippen LogP contribution in [-0.4, -0.2) is 32.9 Å². The maximum Gasteiger partial charge on any atom is 0.277 e. The molecule has 1 N–H and O–H groups in total. The van der Waals surface area contributed by atoms with E-state index in [4.69, 9.17) is 25.8 Å². The molecule has 0 aliphatic rings. The summed E-state index contributed by atoms with van der Waals surface area (Å²) in [6, 6.07) is 12.2. The summed E-state index contributed by atoms with van der Waals surface area (Å²) in [4.78, 5) is 11.7. The molecule has 0 aliphatic carbocycles. The van der Waals surface area contributed by atoms with E-state index >= 15 is 0 Å². The number of halogens is 1. The molecule has 2 aromatic rings. The van der Waals surface area contributed by atoms with Crippen molar-refractivity contribution in [3.63, 3.8) is 0 Å². The Kier molecular flexibility index (Phi) is 6.45. The van der Waals surface area contributed by atoms with Gasteiger partial charge in [0, 0.05) is 11.6 Å². The van der Waals surface area contributed by atoms with Gasteiger partial charge in [0.05, 0.1) is 25.5 Å². The molecule has 0 bridgehead atoms. The lowest BCUT2D eigenvalue weighted by Crippen LogP contribution is -2.24. The Hall–Kier alpha value is -2.73. The zero-order chi connectivity index (χ0) is 17.4. The van der Waals surface area contributed by atoms with Gasteiger partial charge >= 0.3 is 0 Å². The molecule has 0 heterocycles. The van der Waals surface area contributed by atoms with Crippen molar-refractivity contribution in [3.05, 3.63) is 53.1 Å². The lowest BCUT2D eigenvalue weighted by molar-refractivity contribution is -0.123.